The molecule has 2 aromatic carbocycles. The Bertz CT molecular complexity index is 2800. The Labute approximate surface area is 449 Å². The standard InChI is InChI=1S/C57H74N10O8S/c1-34(2)52(56(71)67-31-41(68)27-48(67)55(70)60-35(3)38-9-11-39(12-10-38)53-36(4)59-33-76-53)50-29-51(63-75-50)74-43-23-37(24-43)30-64-17-13-42(14-18-64)73-44-25-40(26-44)66-21-22-72-57(32-66)15-19-65(20-16-57)47-28-46(61-62-54(47)58)45-7-5-6-8-49(45)69/h5-12,28-29,33-35,37,40-44,48,52,68-69H,13-27,30-32H2,1-4H3,(H2,58,62)(H,60,70)/t35-,37?,40?,41+,43?,44?,48-,52-/m0/s1. The summed E-state index contributed by atoms with van der Waals surface area (Å²) in [6.45, 7) is 15.3. The number of aromatic nitrogens is 4. The van der Waals surface area contributed by atoms with Gasteiger partial charge in [0.25, 0.3) is 5.88 Å². The number of rotatable bonds is 16. The molecule has 6 aliphatic rings. The van der Waals surface area contributed by atoms with E-state index < -0.39 is 18.1 Å². The van der Waals surface area contributed by atoms with Crippen LogP contribution in [0.3, 0.4) is 0 Å². The first-order valence-corrected chi connectivity index (χ1v) is 28.5. The zero-order valence-corrected chi connectivity index (χ0v) is 45.1. The van der Waals surface area contributed by atoms with E-state index in [4.69, 9.17) is 24.5 Å². The molecule has 0 radical (unpaired) electrons. The number of nitrogens with zero attached hydrogens (tertiary/aromatic N) is 8. The topological polar surface area (TPSA) is 218 Å². The summed E-state index contributed by atoms with van der Waals surface area (Å²) in [5, 5.41) is 37.0. The van der Waals surface area contributed by atoms with Gasteiger partial charge in [0.2, 0.25) is 11.8 Å². The number of phenols is 1. The van der Waals surface area contributed by atoms with Crippen LogP contribution in [-0.4, -0.2) is 158 Å². The Kier molecular flexibility index (Phi) is 15.4. The van der Waals surface area contributed by atoms with Crippen molar-refractivity contribution in [3.63, 3.8) is 0 Å². The van der Waals surface area contributed by atoms with Gasteiger partial charge in [0.05, 0.1) is 64.0 Å². The number of phenolic OH excluding ortho intramolecular Hbond substituents is 1. The SMILES string of the molecule is Cc1ncsc1-c1ccc([C@H](C)NC(=O)[C@@H]2C[C@@H](O)CN2C(=O)[C@H](c2cc(OC3CC(CN4CCC(OC5CC(N6CCOC7(CCN(c8cc(-c9ccccc9O)nnc8N)CC7)C6)C5)CC4)C3)no2)C(C)C)cc1. The molecule has 2 saturated carbocycles. The number of benzene rings is 2. The van der Waals surface area contributed by atoms with Gasteiger partial charge in [-0.2, -0.15) is 0 Å². The second kappa shape index (κ2) is 22.3. The molecule has 76 heavy (non-hydrogen) atoms. The van der Waals surface area contributed by atoms with E-state index in [1.165, 1.54) is 4.90 Å². The van der Waals surface area contributed by atoms with Crippen LogP contribution in [0.4, 0.5) is 11.5 Å². The lowest BCUT2D eigenvalue weighted by molar-refractivity contribution is -0.159. The van der Waals surface area contributed by atoms with E-state index in [0.29, 0.717) is 52.9 Å². The third-order valence-electron chi connectivity index (χ3n) is 17.2. The van der Waals surface area contributed by atoms with E-state index in [9.17, 15) is 19.8 Å². The summed E-state index contributed by atoms with van der Waals surface area (Å²) in [5.74, 6) is 0.451. The van der Waals surface area contributed by atoms with Crippen LogP contribution in [-0.2, 0) is 19.1 Å². The maximum absolute atomic E-state index is 14.3. The Morgan fingerprint density at radius 3 is 2.42 bits per heavy atom. The number of anilines is 2. The molecule has 19 heteroatoms. The smallest absolute Gasteiger partial charge is 0.254 e. The minimum atomic E-state index is -0.815. The molecule has 4 atom stereocenters. The average Bonchev–Trinajstić information content (AvgIpc) is 4.15. The number of carbonyl (C=O) groups excluding carboxylic acids is 2. The van der Waals surface area contributed by atoms with Crippen molar-refractivity contribution in [2.75, 3.05) is 69.6 Å². The van der Waals surface area contributed by atoms with Crippen molar-refractivity contribution in [2.24, 2.45) is 11.8 Å². The maximum atomic E-state index is 14.3. The molecule has 406 valence electrons. The largest absolute Gasteiger partial charge is 0.507 e. The third kappa shape index (κ3) is 11.3. The third-order valence-corrected chi connectivity index (χ3v) is 18.1. The van der Waals surface area contributed by atoms with E-state index in [-0.39, 0.29) is 54.2 Å². The van der Waals surface area contributed by atoms with Gasteiger partial charge in [-0.05, 0) is 112 Å². The fraction of sp³-hybridized carbons (Fsp3) is 0.579. The second-order valence-corrected chi connectivity index (χ2v) is 23.6. The van der Waals surface area contributed by atoms with Crippen molar-refractivity contribution >= 4 is 34.7 Å². The summed E-state index contributed by atoms with van der Waals surface area (Å²) in [5.41, 5.74) is 13.1. The van der Waals surface area contributed by atoms with Gasteiger partial charge >= 0.3 is 0 Å². The Balaban J connectivity index is 0.586. The number of amides is 2. The minimum absolute atomic E-state index is 0.0316. The van der Waals surface area contributed by atoms with Gasteiger partial charge in [-0.15, -0.1) is 21.5 Å². The lowest BCUT2D eigenvalue weighted by Gasteiger charge is -2.52. The first-order valence-electron chi connectivity index (χ1n) is 27.6. The van der Waals surface area contributed by atoms with Gasteiger partial charge in [0, 0.05) is 76.5 Å². The minimum Gasteiger partial charge on any atom is -0.507 e. The first kappa shape index (κ1) is 52.4. The summed E-state index contributed by atoms with van der Waals surface area (Å²) in [6, 6.07) is 18.3. The molecule has 3 aromatic heterocycles. The molecule has 18 nitrogen and oxygen atoms in total. The van der Waals surface area contributed by atoms with Crippen LogP contribution in [0.2, 0.25) is 0 Å². The number of carbonyl (C=O) groups is 2. The number of β-amino-alcohol motifs (C(OH)–C–C–N with tert-alkyl or cyclic N) is 1. The summed E-state index contributed by atoms with van der Waals surface area (Å²) in [7, 11) is 0. The number of aliphatic hydroxyl groups excluding tert-OH is 1. The van der Waals surface area contributed by atoms with E-state index in [1.54, 1.807) is 29.5 Å². The Hall–Kier alpha value is -5.70. The highest BCUT2D eigenvalue weighted by molar-refractivity contribution is 7.13. The number of ether oxygens (including phenoxy) is 3. The monoisotopic (exact) mass is 1060 g/mol. The zero-order valence-electron chi connectivity index (χ0n) is 44.3. The van der Waals surface area contributed by atoms with Crippen LogP contribution in [0.1, 0.15) is 108 Å². The number of aromatic hydroxyl groups is 1. The lowest BCUT2D eigenvalue weighted by Crippen LogP contribution is -2.61. The quantitative estimate of drug-likeness (QED) is 0.0784. The highest BCUT2D eigenvalue weighted by Crippen LogP contribution is 2.41. The Morgan fingerprint density at radius 1 is 0.934 bits per heavy atom. The molecule has 2 amide bonds. The highest BCUT2D eigenvalue weighted by atomic mass is 32.1. The van der Waals surface area contributed by atoms with Crippen LogP contribution in [0.25, 0.3) is 21.7 Å². The predicted octanol–water partition coefficient (Wildman–Crippen LogP) is 6.97. The number of nitrogens with one attached hydrogen (secondary N) is 1. The molecule has 11 rings (SSSR count). The number of morpholine rings is 1. The van der Waals surface area contributed by atoms with Crippen molar-refractivity contribution in [3.05, 3.63) is 83.2 Å². The summed E-state index contributed by atoms with van der Waals surface area (Å²) in [6.07, 6.45) is 7.96. The first-order chi connectivity index (χ1) is 36.7. The number of nitrogen functional groups attached to an aromatic ring is 1. The zero-order chi connectivity index (χ0) is 52.7. The van der Waals surface area contributed by atoms with Crippen LogP contribution < -0.4 is 20.7 Å². The van der Waals surface area contributed by atoms with E-state index in [0.717, 1.165) is 131 Å². The van der Waals surface area contributed by atoms with Gasteiger partial charge in [-0.25, -0.2) is 4.98 Å². The molecule has 6 fully saturated rings. The average molecular weight is 1060 g/mol. The molecule has 2 aliphatic carbocycles. The number of piperidine rings is 2. The summed E-state index contributed by atoms with van der Waals surface area (Å²) >= 11 is 1.60. The normalized spacial score (nSPS) is 26.0. The van der Waals surface area contributed by atoms with E-state index in [2.05, 4.69) is 40.4 Å². The number of nitrogens with two attached hydrogens (primary N) is 1. The van der Waals surface area contributed by atoms with Crippen molar-refractivity contribution in [2.45, 2.75) is 140 Å². The summed E-state index contributed by atoms with van der Waals surface area (Å²) < 4.78 is 25.3. The van der Waals surface area contributed by atoms with Gasteiger partial charge in [0.1, 0.15) is 23.8 Å². The van der Waals surface area contributed by atoms with Crippen LogP contribution in [0.5, 0.6) is 11.6 Å². The number of aliphatic hydroxyl groups is 1. The molecule has 5 aromatic rings. The molecule has 5 N–H and O–H groups in total. The molecular weight excluding hydrogens is 985 g/mol. The van der Waals surface area contributed by atoms with Crippen LogP contribution in [0, 0.1) is 18.8 Å². The van der Waals surface area contributed by atoms with Crippen molar-refractivity contribution in [3.8, 4) is 33.3 Å². The number of para-hydroxylation sites is 1. The Morgan fingerprint density at radius 2 is 1.70 bits per heavy atom. The number of likely N-dealkylation sites (tertiary alicyclic amines) is 2. The molecule has 0 bridgehead atoms. The highest BCUT2D eigenvalue weighted by Gasteiger charge is 2.46. The summed E-state index contributed by atoms with van der Waals surface area (Å²) in [4.78, 5) is 42.5. The van der Waals surface area contributed by atoms with Crippen LogP contribution in [0.15, 0.2) is 70.7 Å². The number of hydrogen-bond acceptors (Lipinski definition) is 17. The van der Waals surface area contributed by atoms with Crippen LogP contribution >= 0.6 is 11.3 Å². The molecule has 4 saturated heterocycles. The fourth-order valence-corrected chi connectivity index (χ4v) is 13.4. The maximum Gasteiger partial charge on any atom is 0.254 e. The van der Waals surface area contributed by atoms with Crippen molar-refractivity contribution in [1.82, 2.24) is 40.4 Å². The van der Waals surface area contributed by atoms with Gasteiger partial charge < -0.3 is 54.7 Å². The second-order valence-electron chi connectivity index (χ2n) is 22.8. The van der Waals surface area contributed by atoms with Crippen molar-refractivity contribution in [1.29, 1.82) is 0 Å². The van der Waals surface area contributed by atoms with Gasteiger partial charge in [-0.3, -0.25) is 14.5 Å². The molecule has 4 aliphatic heterocycles. The molecule has 7 heterocycles. The van der Waals surface area contributed by atoms with E-state index >= 15 is 0 Å². The number of hydrogen-bond donors (Lipinski definition) is 4. The lowest BCUT2D eigenvalue weighted by atomic mass is 9.81. The van der Waals surface area contributed by atoms with E-state index in [1.807, 2.05) is 75.7 Å². The molecular formula is C57H74N10O8S. The number of aryl methyl sites for hydroxylation is 1. The van der Waals surface area contributed by atoms with Gasteiger partial charge in [-0.1, -0.05) is 50.2 Å². The predicted molar refractivity (Wildman–Crippen MR) is 289 cm³/mol. The van der Waals surface area contributed by atoms with Gasteiger partial charge in [0.15, 0.2) is 11.6 Å². The molecule has 1 spiro atoms. The number of thiazole rings is 1. The molecule has 0 unspecified atom stereocenters. The fourth-order valence-electron chi connectivity index (χ4n) is 12.6. The van der Waals surface area contributed by atoms with Crippen molar-refractivity contribution < 1.29 is 38.5 Å².